The number of nitrogens with zero attached hydrogens (tertiary/aromatic N) is 1. The molecule has 0 aliphatic heterocycles. The van der Waals surface area contributed by atoms with Crippen molar-refractivity contribution < 1.29 is 0 Å². The van der Waals surface area contributed by atoms with E-state index in [2.05, 4.69) is 36.5 Å². The Balaban J connectivity index is 1.85. The van der Waals surface area contributed by atoms with Crippen LogP contribution in [0.2, 0.25) is 0 Å². The Hall–Kier alpha value is -0.410. The van der Waals surface area contributed by atoms with Crippen molar-refractivity contribution in [1.82, 2.24) is 10.3 Å². The zero-order valence-corrected chi connectivity index (χ0v) is 12.0. The minimum absolute atomic E-state index is 0.244. The second-order valence-corrected chi connectivity index (χ2v) is 7.19. The average Bonchev–Trinajstić information content (AvgIpc) is 2.86. The molecule has 0 amide bonds. The fourth-order valence-electron chi connectivity index (χ4n) is 2.67. The quantitative estimate of drug-likeness (QED) is 0.887. The maximum Gasteiger partial charge on any atom is 0.0927 e. The third-order valence-corrected chi connectivity index (χ3v) is 4.43. The first kappa shape index (κ1) is 13.0. The molecule has 3 heteroatoms. The molecule has 1 heterocycles. The molecule has 0 aromatic carbocycles. The van der Waals surface area contributed by atoms with E-state index in [1.807, 2.05) is 6.20 Å². The molecular formula is C14H24N2S. The molecule has 2 nitrogen and oxygen atoms in total. The van der Waals surface area contributed by atoms with Gasteiger partial charge in [0.15, 0.2) is 0 Å². The first-order valence-electron chi connectivity index (χ1n) is 6.68. The highest BCUT2D eigenvalue weighted by Gasteiger charge is 2.28. The van der Waals surface area contributed by atoms with Crippen molar-refractivity contribution in [2.24, 2.45) is 11.8 Å². The monoisotopic (exact) mass is 252 g/mol. The molecule has 1 aliphatic carbocycles. The molecule has 0 saturated heterocycles. The molecular weight excluding hydrogens is 228 g/mol. The molecule has 0 bridgehead atoms. The highest BCUT2D eigenvalue weighted by Crippen LogP contribution is 2.34. The van der Waals surface area contributed by atoms with Crippen LogP contribution in [0.1, 0.15) is 45.0 Å². The van der Waals surface area contributed by atoms with E-state index in [4.69, 9.17) is 0 Å². The number of hydrogen-bond donors (Lipinski definition) is 1. The zero-order chi connectivity index (χ0) is 12.3. The van der Waals surface area contributed by atoms with Gasteiger partial charge in [-0.05, 0) is 52.0 Å². The molecule has 96 valence electrons. The van der Waals surface area contributed by atoms with Gasteiger partial charge in [0.25, 0.3) is 0 Å². The van der Waals surface area contributed by atoms with E-state index in [0.717, 1.165) is 11.8 Å². The van der Waals surface area contributed by atoms with Crippen LogP contribution in [0.15, 0.2) is 11.6 Å². The summed E-state index contributed by atoms with van der Waals surface area (Å²) >= 11 is 1.80. The smallest absolute Gasteiger partial charge is 0.0927 e. The second kappa shape index (κ2) is 5.49. The fraction of sp³-hybridized carbons (Fsp3) is 0.786. The van der Waals surface area contributed by atoms with Gasteiger partial charge in [-0.25, -0.2) is 4.98 Å². The minimum atomic E-state index is 0.244. The van der Waals surface area contributed by atoms with E-state index in [9.17, 15) is 0 Å². The Kier molecular flexibility index (Phi) is 4.21. The van der Waals surface area contributed by atoms with Crippen molar-refractivity contribution in [2.45, 2.75) is 52.0 Å². The van der Waals surface area contributed by atoms with Crippen LogP contribution in [-0.2, 0) is 6.42 Å². The Morgan fingerprint density at radius 3 is 2.76 bits per heavy atom. The third-order valence-electron chi connectivity index (χ3n) is 3.63. The third kappa shape index (κ3) is 4.07. The van der Waals surface area contributed by atoms with E-state index in [1.165, 1.54) is 37.2 Å². The van der Waals surface area contributed by atoms with Crippen molar-refractivity contribution >= 4 is 11.3 Å². The van der Waals surface area contributed by atoms with Crippen molar-refractivity contribution in [3.05, 3.63) is 16.6 Å². The molecule has 2 atom stereocenters. The van der Waals surface area contributed by atoms with Gasteiger partial charge in [0.05, 0.1) is 5.01 Å². The van der Waals surface area contributed by atoms with E-state index in [1.54, 1.807) is 11.3 Å². The molecule has 1 aromatic heterocycles. The van der Waals surface area contributed by atoms with E-state index >= 15 is 0 Å². The summed E-state index contributed by atoms with van der Waals surface area (Å²) in [6, 6.07) is 0. The summed E-state index contributed by atoms with van der Waals surface area (Å²) in [4.78, 5) is 4.42. The van der Waals surface area contributed by atoms with Crippen molar-refractivity contribution in [3.63, 3.8) is 0 Å². The molecule has 17 heavy (non-hydrogen) atoms. The number of hydrogen-bond acceptors (Lipinski definition) is 3. The summed E-state index contributed by atoms with van der Waals surface area (Å²) in [6.07, 6.45) is 7.28. The standard InChI is InChI=1S/C14H24N2S/c1-14(2,3)16-10-12-6-4-5-11(12)9-13-15-7-8-17-13/h7-8,11-12,16H,4-6,9-10H2,1-3H3. The highest BCUT2D eigenvalue weighted by atomic mass is 32.1. The molecule has 2 rings (SSSR count). The predicted octanol–water partition coefficient (Wildman–Crippen LogP) is 3.49. The lowest BCUT2D eigenvalue weighted by Crippen LogP contribution is -2.40. The van der Waals surface area contributed by atoms with Crippen LogP contribution in [0.5, 0.6) is 0 Å². The van der Waals surface area contributed by atoms with Gasteiger partial charge in [0.1, 0.15) is 0 Å². The van der Waals surface area contributed by atoms with E-state index < -0.39 is 0 Å². The Labute approximate surface area is 109 Å². The van der Waals surface area contributed by atoms with Gasteiger partial charge in [0, 0.05) is 23.5 Å². The Morgan fingerprint density at radius 1 is 1.35 bits per heavy atom. The topological polar surface area (TPSA) is 24.9 Å². The van der Waals surface area contributed by atoms with Crippen molar-refractivity contribution in [2.75, 3.05) is 6.54 Å². The van der Waals surface area contributed by atoms with Crippen LogP contribution in [0.4, 0.5) is 0 Å². The van der Waals surface area contributed by atoms with Gasteiger partial charge in [-0.3, -0.25) is 0 Å². The van der Waals surface area contributed by atoms with Gasteiger partial charge < -0.3 is 5.32 Å². The number of nitrogens with one attached hydrogen (secondary N) is 1. The summed E-state index contributed by atoms with van der Waals surface area (Å²) in [5, 5.41) is 7.06. The molecule has 1 saturated carbocycles. The van der Waals surface area contributed by atoms with Gasteiger partial charge in [-0.2, -0.15) is 0 Å². The maximum atomic E-state index is 4.42. The molecule has 0 radical (unpaired) electrons. The molecule has 2 unspecified atom stereocenters. The van der Waals surface area contributed by atoms with Crippen molar-refractivity contribution in [1.29, 1.82) is 0 Å². The summed E-state index contributed by atoms with van der Waals surface area (Å²) in [7, 11) is 0. The normalized spacial score (nSPS) is 25.4. The minimum Gasteiger partial charge on any atom is -0.312 e. The Bertz CT molecular complexity index is 326. The van der Waals surface area contributed by atoms with Crippen LogP contribution in [0.25, 0.3) is 0 Å². The summed E-state index contributed by atoms with van der Waals surface area (Å²) in [5.41, 5.74) is 0.244. The van der Waals surface area contributed by atoms with Crippen LogP contribution in [0.3, 0.4) is 0 Å². The maximum absolute atomic E-state index is 4.42. The summed E-state index contributed by atoms with van der Waals surface area (Å²) in [5.74, 6) is 1.69. The number of thiazole rings is 1. The number of aromatic nitrogens is 1. The molecule has 0 spiro atoms. The lowest BCUT2D eigenvalue weighted by Gasteiger charge is -2.26. The molecule has 1 fully saturated rings. The van der Waals surface area contributed by atoms with Gasteiger partial charge in [0.2, 0.25) is 0 Å². The van der Waals surface area contributed by atoms with Crippen LogP contribution < -0.4 is 5.32 Å². The summed E-state index contributed by atoms with van der Waals surface area (Å²) in [6.45, 7) is 7.91. The number of rotatable bonds is 4. The van der Waals surface area contributed by atoms with Gasteiger partial charge >= 0.3 is 0 Å². The largest absolute Gasteiger partial charge is 0.312 e. The second-order valence-electron chi connectivity index (χ2n) is 6.21. The highest BCUT2D eigenvalue weighted by molar-refractivity contribution is 7.09. The Morgan fingerprint density at radius 2 is 2.12 bits per heavy atom. The zero-order valence-electron chi connectivity index (χ0n) is 11.2. The average molecular weight is 252 g/mol. The summed E-state index contributed by atoms with van der Waals surface area (Å²) < 4.78 is 0. The van der Waals surface area contributed by atoms with Gasteiger partial charge in [-0.15, -0.1) is 11.3 Å². The predicted molar refractivity (Wildman–Crippen MR) is 74.4 cm³/mol. The fourth-order valence-corrected chi connectivity index (χ4v) is 3.38. The molecule has 1 N–H and O–H groups in total. The van der Waals surface area contributed by atoms with E-state index in [-0.39, 0.29) is 5.54 Å². The van der Waals surface area contributed by atoms with Crippen molar-refractivity contribution in [3.8, 4) is 0 Å². The lowest BCUT2D eigenvalue weighted by molar-refractivity contribution is 0.317. The first-order chi connectivity index (χ1) is 8.04. The lowest BCUT2D eigenvalue weighted by atomic mass is 9.92. The van der Waals surface area contributed by atoms with Crippen LogP contribution >= 0.6 is 11.3 Å². The molecule has 1 aromatic rings. The van der Waals surface area contributed by atoms with Crippen LogP contribution in [0, 0.1) is 11.8 Å². The SMILES string of the molecule is CC(C)(C)NCC1CCCC1Cc1nccs1. The van der Waals surface area contributed by atoms with E-state index in [0.29, 0.717) is 0 Å². The van der Waals surface area contributed by atoms with Gasteiger partial charge in [-0.1, -0.05) is 6.42 Å². The first-order valence-corrected chi connectivity index (χ1v) is 7.56. The molecule has 1 aliphatic rings. The van der Waals surface area contributed by atoms with Crippen LogP contribution in [-0.4, -0.2) is 17.1 Å².